The molecule has 0 saturated heterocycles. The molecule has 1 nitrogen and oxygen atoms in total. The van der Waals surface area contributed by atoms with Crippen LogP contribution in [0.25, 0.3) is 10.8 Å². The van der Waals surface area contributed by atoms with Crippen molar-refractivity contribution in [2.45, 2.75) is 25.8 Å². The Morgan fingerprint density at radius 3 is 2.44 bits per heavy atom. The molecule has 16 heavy (non-hydrogen) atoms. The Morgan fingerprint density at radius 2 is 1.75 bits per heavy atom. The Hall–Kier alpha value is -1.05. The topological polar surface area (TPSA) is 26.0 Å². The third kappa shape index (κ3) is 2.75. The van der Waals surface area contributed by atoms with Crippen molar-refractivity contribution in [3.05, 3.63) is 48.0 Å². The molecule has 0 aliphatic rings. The van der Waals surface area contributed by atoms with E-state index in [-0.39, 0.29) is 18.4 Å². The Bertz CT molecular complexity index is 453. The van der Waals surface area contributed by atoms with Gasteiger partial charge in [-0.05, 0) is 28.8 Å². The molecule has 0 aliphatic heterocycles. The molecule has 2 N–H and O–H groups in total. The predicted octanol–water partition coefficient (Wildman–Crippen LogP) is 4.06. The van der Waals surface area contributed by atoms with E-state index in [1.54, 1.807) is 0 Å². The first-order valence-electron chi connectivity index (χ1n) is 5.55. The smallest absolute Gasteiger partial charge is 0.0294 e. The van der Waals surface area contributed by atoms with Gasteiger partial charge >= 0.3 is 0 Å². The maximum absolute atomic E-state index is 6.10. The minimum Gasteiger partial charge on any atom is -0.324 e. The summed E-state index contributed by atoms with van der Waals surface area (Å²) < 4.78 is 0. The van der Waals surface area contributed by atoms with E-state index in [0.717, 1.165) is 12.8 Å². The second-order valence-corrected chi connectivity index (χ2v) is 4.00. The van der Waals surface area contributed by atoms with Gasteiger partial charge in [0.2, 0.25) is 0 Å². The molecule has 0 saturated carbocycles. The fourth-order valence-electron chi connectivity index (χ4n) is 1.92. The van der Waals surface area contributed by atoms with E-state index in [1.165, 1.54) is 16.3 Å². The van der Waals surface area contributed by atoms with Gasteiger partial charge in [0.05, 0.1) is 0 Å². The van der Waals surface area contributed by atoms with Gasteiger partial charge in [-0.15, -0.1) is 12.4 Å². The molecular weight excluding hydrogens is 218 g/mol. The van der Waals surface area contributed by atoms with E-state index in [1.807, 2.05) is 0 Å². The van der Waals surface area contributed by atoms with Crippen LogP contribution in [0.3, 0.4) is 0 Å². The van der Waals surface area contributed by atoms with Gasteiger partial charge in [-0.2, -0.15) is 0 Å². The summed E-state index contributed by atoms with van der Waals surface area (Å²) in [6, 6.07) is 15.1. The van der Waals surface area contributed by atoms with E-state index >= 15 is 0 Å². The lowest BCUT2D eigenvalue weighted by Gasteiger charge is -2.11. The number of fused-ring (bicyclic) bond motifs is 1. The fraction of sp³-hybridized carbons (Fsp3) is 0.286. The molecule has 2 aromatic rings. The Morgan fingerprint density at radius 1 is 1.06 bits per heavy atom. The largest absolute Gasteiger partial charge is 0.324 e. The fourth-order valence-corrected chi connectivity index (χ4v) is 1.92. The molecule has 0 aromatic heterocycles. The van der Waals surface area contributed by atoms with Crippen LogP contribution < -0.4 is 5.73 Å². The molecular formula is C14H18ClN. The van der Waals surface area contributed by atoms with Crippen LogP contribution in [0.1, 0.15) is 31.4 Å². The molecule has 0 heterocycles. The Balaban J connectivity index is 0.00000128. The van der Waals surface area contributed by atoms with Crippen molar-refractivity contribution >= 4 is 23.2 Å². The zero-order chi connectivity index (χ0) is 10.7. The summed E-state index contributed by atoms with van der Waals surface area (Å²) in [5, 5.41) is 2.56. The first kappa shape index (κ1) is 13.0. The lowest BCUT2D eigenvalue weighted by molar-refractivity contribution is 0.639. The molecule has 0 radical (unpaired) electrons. The summed E-state index contributed by atoms with van der Waals surface area (Å²) >= 11 is 0. The molecule has 1 atom stereocenters. The van der Waals surface area contributed by atoms with Crippen molar-refractivity contribution in [2.75, 3.05) is 0 Å². The first-order valence-corrected chi connectivity index (χ1v) is 5.55. The Kier molecular flexibility index (Phi) is 4.78. The maximum atomic E-state index is 6.10. The maximum Gasteiger partial charge on any atom is 0.0294 e. The highest BCUT2D eigenvalue weighted by molar-refractivity contribution is 5.85. The van der Waals surface area contributed by atoms with Crippen LogP contribution in [0.4, 0.5) is 0 Å². The number of nitrogens with two attached hydrogens (primary N) is 1. The molecule has 0 bridgehead atoms. The highest BCUT2D eigenvalue weighted by atomic mass is 35.5. The average Bonchev–Trinajstić information content (AvgIpc) is 2.29. The third-order valence-corrected chi connectivity index (χ3v) is 2.80. The molecule has 0 aliphatic carbocycles. The van der Waals surface area contributed by atoms with Crippen LogP contribution in [0, 0.1) is 0 Å². The zero-order valence-corrected chi connectivity index (χ0v) is 10.3. The predicted molar refractivity (Wildman–Crippen MR) is 73.0 cm³/mol. The van der Waals surface area contributed by atoms with E-state index in [0.29, 0.717) is 0 Å². The number of rotatable bonds is 3. The monoisotopic (exact) mass is 235 g/mol. The first-order chi connectivity index (χ1) is 7.31. The minimum atomic E-state index is 0. The molecule has 0 amide bonds. The van der Waals surface area contributed by atoms with Gasteiger partial charge in [-0.3, -0.25) is 0 Å². The number of hydrogen-bond acceptors (Lipinski definition) is 1. The van der Waals surface area contributed by atoms with Gasteiger partial charge in [0.1, 0.15) is 0 Å². The van der Waals surface area contributed by atoms with E-state index in [4.69, 9.17) is 5.73 Å². The van der Waals surface area contributed by atoms with Crippen molar-refractivity contribution in [1.29, 1.82) is 0 Å². The van der Waals surface area contributed by atoms with E-state index in [2.05, 4.69) is 49.4 Å². The van der Waals surface area contributed by atoms with Gasteiger partial charge in [0.25, 0.3) is 0 Å². The van der Waals surface area contributed by atoms with Gasteiger partial charge in [0, 0.05) is 6.04 Å². The van der Waals surface area contributed by atoms with Crippen molar-refractivity contribution < 1.29 is 0 Å². The highest BCUT2D eigenvalue weighted by Crippen LogP contribution is 2.21. The molecule has 0 unspecified atom stereocenters. The van der Waals surface area contributed by atoms with Crippen LogP contribution in [0.15, 0.2) is 42.5 Å². The summed E-state index contributed by atoms with van der Waals surface area (Å²) in [5.41, 5.74) is 7.34. The number of benzene rings is 2. The molecule has 2 aromatic carbocycles. The van der Waals surface area contributed by atoms with Crippen LogP contribution in [0.2, 0.25) is 0 Å². The number of hydrogen-bond donors (Lipinski definition) is 1. The molecule has 2 rings (SSSR count). The number of halogens is 1. The summed E-state index contributed by atoms with van der Waals surface area (Å²) in [6.07, 6.45) is 2.19. The van der Waals surface area contributed by atoms with Crippen molar-refractivity contribution in [3.63, 3.8) is 0 Å². The van der Waals surface area contributed by atoms with Crippen LogP contribution >= 0.6 is 12.4 Å². The zero-order valence-electron chi connectivity index (χ0n) is 9.52. The van der Waals surface area contributed by atoms with Crippen molar-refractivity contribution in [1.82, 2.24) is 0 Å². The average molecular weight is 236 g/mol. The van der Waals surface area contributed by atoms with Crippen LogP contribution in [-0.4, -0.2) is 0 Å². The van der Waals surface area contributed by atoms with Gasteiger partial charge in [0.15, 0.2) is 0 Å². The SMILES string of the molecule is CCC[C@@H](N)c1ccc2ccccc2c1.Cl. The lowest BCUT2D eigenvalue weighted by atomic mass is 10.00. The van der Waals surface area contributed by atoms with Crippen LogP contribution in [-0.2, 0) is 0 Å². The van der Waals surface area contributed by atoms with Gasteiger partial charge in [-0.1, -0.05) is 49.7 Å². The summed E-state index contributed by atoms with van der Waals surface area (Å²) in [5.74, 6) is 0. The van der Waals surface area contributed by atoms with Gasteiger partial charge in [-0.25, -0.2) is 0 Å². The standard InChI is InChI=1S/C14H17N.ClH/c1-2-5-14(15)13-9-8-11-6-3-4-7-12(11)10-13;/h3-4,6-10,14H,2,5,15H2,1H3;1H/t14-;/m1./s1. The van der Waals surface area contributed by atoms with Crippen molar-refractivity contribution in [3.8, 4) is 0 Å². The van der Waals surface area contributed by atoms with Crippen molar-refractivity contribution in [2.24, 2.45) is 5.73 Å². The second-order valence-electron chi connectivity index (χ2n) is 4.00. The molecule has 0 spiro atoms. The third-order valence-electron chi connectivity index (χ3n) is 2.80. The summed E-state index contributed by atoms with van der Waals surface area (Å²) in [6.45, 7) is 2.17. The molecule has 86 valence electrons. The second kappa shape index (κ2) is 5.88. The van der Waals surface area contributed by atoms with E-state index in [9.17, 15) is 0 Å². The van der Waals surface area contributed by atoms with Crippen LogP contribution in [0.5, 0.6) is 0 Å². The summed E-state index contributed by atoms with van der Waals surface area (Å²) in [4.78, 5) is 0. The minimum absolute atomic E-state index is 0. The van der Waals surface area contributed by atoms with E-state index < -0.39 is 0 Å². The normalized spacial score (nSPS) is 12.1. The summed E-state index contributed by atoms with van der Waals surface area (Å²) in [7, 11) is 0. The molecule has 2 heteroatoms. The Labute approximate surface area is 103 Å². The quantitative estimate of drug-likeness (QED) is 0.853. The lowest BCUT2D eigenvalue weighted by Crippen LogP contribution is -2.09. The highest BCUT2D eigenvalue weighted by Gasteiger charge is 2.04. The van der Waals surface area contributed by atoms with Gasteiger partial charge < -0.3 is 5.73 Å². The molecule has 0 fully saturated rings.